The van der Waals surface area contributed by atoms with Crippen molar-refractivity contribution in [3.8, 4) is 0 Å². The van der Waals surface area contributed by atoms with Crippen LogP contribution in [0.25, 0.3) is 0 Å². The molecule has 2 heterocycles. The van der Waals surface area contributed by atoms with Crippen LogP contribution in [0.15, 0.2) is 40.6 Å². The third kappa shape index (κ3) is 5.28. The van der Waals surface area contributed by atoms with Gasteiger partial charge in [-0.3, -0.25) is 9.52 Å². The van der Waals surface area contributed by atoms with Gasteiger partial charge in [-0.25, -0.2) is 12.8 Å². The van der Waals surface area contributed by atoms with Gasteiger partial charge in [0.1, 0.15) is 5.82 Å². The number of Topliss-reactive ketones (excluding diaryl/α,β-unsaturated/α-hetero) is 1. The Hall–Kier alpha value is -2.71. The van der Waals surface area contributed by atoms with Crippen LogP contribution >= 0.6 is 11.3 Å². The van der Waals surface area contributed by atoms with Gasteiger partial charge in [0.2, 0.25) is 0 Å². The molecule has 0 aliphatic carbocycles. The maximum Gasteiger partial charge on any atom is 0.262 e. The third-order valence-electron chi connectivity index (χ3n) is 6.72. The molecule has 0 saturated carbocycles. The van der Waals surface area contributed by atoms with Crippen LogP contribution in [0, 0.1) is 33.5 Å². The average Bonchev–Trinajstić information content (AvgIpc) is 3.26. The number of ketones is 1. The lowest BCUT2D eigenvalue weighted by Crippen LogP contribution is -2.31. The predicted molar refractivity (Wildman–Crippen MR) is 141 cm³/mol. The van der Waals surface area contributed by atoms with E-state index in [1.165, 1.54) is 54.0 Å². The number of aryl methyl sites for hydroxylation is 3. The SMILES string of the molecule is Cc1ccc(S(=O)(=O)Nc2ccsc2C(=O)Cc2c(C)cc(C)c(N3CCCCC3)c2C)cc1F. The number of piperidine rings is 1. The van der Waals surface area contributed by atoms with E-state index < -0.39 is 15.8 Å². The minimum atomic E-state index is -4.04. The molecule has 0 radical (unpaired) electrons. The fraction of sp³-hybridized carbons (Fsp3) is 0.370. The summed E-state index contributed by atoms with van der Waals surface area (Å²) in [5.74, 6) is -0.739. The Labute approximate surface area is 211 Å². The van der Waals surface area contributed by atoms with Crippen LogP contribution < -0.4 is 9.62 Å². The lowest BCUT2D eigenvalue weighted by atomic mass is 9.92. The van der Waals surface area contributed by atoms with Gasteiger partial charge in [-0.15, -0.1) is 11.3 Å². The zero-order valence-corrected chi connectivity index (χ0v) is 22.2. The highest BCUT2D eigenvalue weighted by Gasteiger charge is 2.24. The van der Waals surface area contributed by atoms with E-state index >= 15 is 0 Å². The van der Waals surface area contributed by atoms with Crippen molar-refractivity contribution in [3.63, 3.8) is 0 Å². The number of carbonyl (C=O) groups is 1. The highest BCUT2D eigenvalue weighted by atomic mass is 32.2. The Morgan fingerprint density at radius 2 is 1.71 bits per heavy atom. The molecule has 2 aromatic carbocycles. The van der Waals surface area contributed by atoms with Crippen molar-refractivity contribution < 1.29 is 17.6 Å². The van der Waals surface area contributed by atoms with E-state index in [4.69, 9.17) is 0 Å². The van der Waals surface area contributed by atoms with E-state index in [1.54, 1.807) is 18.4 Å². The first-order chi connectivity index (χ1) is 16.6. The summed E-state index contributed by atoms with van der Waals surface area (Å²) in [4.78, 5) is 16.0. The molecular weight excluding hydrogens is 483 g/mol. The van der Waals surface area contributed by atoms with Crippen molar-refractivity contribution in [3.05, 3.63) is 74.2 Å². The molecule has 0 bridgehead atoms. The first kappa shape index (κ1) is 25.4. The number of nitrogens with one attached hydrogen (secondary N) is 1. The van der Waals surface area contributed by atoms with E-state index in [1.807, 2.05) is 6.92 Å². The molecule has 0 spiro atoms. The minimum Gasteiger partial charge on any atom is -0.371 e. The third-order valence-corrected chi connectivity index (χ3v) is 9.04. The van der Waals surface area contributed by atoms with E-state index in [2.05, 4.69) is 29.5 Å². The second-order valence-electron chi connectivity index (χ2n) is 9.29. The Morgan fingerprint density at radius 3 is 2.40 bits per heavy atom. The number of benzene rings is 2. The van der Waals surface area contributed by atoms with Crippen molar-refractivity contribution in [2.75, 3.05) is 22.7 Å². The molecule has 4 rings (SSSR count). The van der Waals surface area contributed by atoms with Gasteiger partial charge in [-0.2, -0.15) is 0 Å². The number of thiophene rings is 1. The van der Waals surface area contributed by atoms with Crippen LogP contribution in [0.2, 0.25) is 0 Å². The smallest absolute Gasteiger partial charge is 0.262 e. The molecule has 0 unspecified atom stereocenters. The molecular formula is C27H31FN2O3S2. The monoisotopic (exact) mass is 514 g/mol. The summed E-state index contributed by atoms with van der Waals surface area (Å²) in [6.45, 7) is 9.84. The molecule has 35 heavy (non-hydrogen) atoms. The van der Waals surface area contributed by atoms with Crippen LogP contribution in [0.1, 0.15) is 56.8 Å². The number of halogens is 1. The van der Waals surface area contributed by atoms with Gasteiger partial charge in [-0.05, 0) is 98.4 Å². The molecule has 0 amide bonds. The molecule has 1 aliphatic rings. The number of hydrogen-bond donors (Lipinski definition) is 1. The second-order valence-corrected chi connectivity index (χ2v) is 11.9. The van der Waals surface area contributed by atoms with Gasteiger partial charge in [-0.1, -0.05) is 12.1 Å². The first-order valence-corrected chi connectivity index (χ1v) is 14.2. The summed E-state index contributed by atoms with van der Waals surface area (Å²) in [7, 11) is -4.04. The Kier molecular flexibility index (Phi) is 7.33. The molecule has 8 heteroatoms. The molecule has 3 aromatic rings. The largest absolute Gasteiger partial charge is 0.371 e. The normalized spacial score (nSPS) is 14.3. The van der Waals surface area contributed by atoms with Crippen molar-refractivity contribution in [2.45, 2.75) is 58.3 Å². The van der Waals surface area contributed by atoms with Gasteiger partial charge in [0.15, 0.2) is 5.78 Å². The standard InChI is InChI=1S/C27H31FN2O3S2/c1-17-8-9-21(15-23(17)28)35(32,33)29-24-10-13-34-27(24)25(31)16-22-18(2)14-19(3)26(20(22)4)30-11-6-5-7-12-30/h8-10,13-15,29H,5-7,11-12,16H2,1-4H3. The maximum atomic E-state index is 14.0. The Bertz CT molecular complexity index is 1370. The molecule has 1 N–H and O–H groups in total. The summed E-state index contributed by atoms with van der Waals surface area (Å²) >= 11 is 1.20. The Balaban J connectivity index is 1.61. The summed E-state index contributed by atoms with van der Waals surface area (Å²) < 4.78 is 42.2. The summed E-state index contributed by atoms with van der Waals surface area (Å²) in [6.07, 6.45) is 3.78. The van der Waals surface area contributed by atoms with Gasteiger partial charge >= 0.3 is 0 Å². The number of carbonyl (C=O) groups excluding carboxylic acids is 1. The molecule has 5 nitrogen and oxygen atoms in total. The maximum absolute atomic E-state index is 14.0. The molecule has 1 aromatic heterocycles. The van der Waals surface area contributed by atoms with Crippen LogP contribution in [0.3, 0.4) is 0 Å². The predicted octanol–water partition coefficient (Wildman–Crippen LogP) is 6.34. The van der Waals surface area contributed by atoms with Gasteiger partial charge in [0.05, 0.1) is 15.5 Å². The van der Waals surface area contributed by atoms with E-state index in [0.29, 0.717) is 10.4 Å². The highest BCUT2D eigenvalue weighted by Crippen LogP contribution is 2.34. The van der Waals surface area contributed by atoms with Crippen molar-refractivity contribution >= 4 is 38.5 Å². The van der Waals surface area contributed by atoms with Gasteiger partial charge in [0, 0.05) is 25.2 Å². The number of nitrogens with zero attached hydrogens (tertiary/aromatic N) is 1. The molecule has 186 valence electrons. The topological polar surface area (TPSA) is 66.5 Å². The van der Waals surface area contributed by atoms with Crippen LogP contribution in [0.4, 0.5) is 15.8 Å². The fourth-order valence-corrected chi connectivity index (χ4v) is 6.82. The average molecular weight is 515 g/mol. The zero-order valence-electron chi connectivity index (χ0n) is 20.6. The molecule has 1 saturated heterocycles. The van der Waals surface area contributed by atoms with Crippen molar-refractivity contribution in [1.82, 2.24) is 0 Å². The minimum absolute atomic E-state index is 0.146. The van der Waals surface area contributed by atoms with Crippen molar-refractivity contribution in [2.24, 2.45) is 0 Å². The van der Waals surface area contributed by atoms with E-state index in [9.17, 15) is 17.6 Å². The first-order valence-electron chi connectivity index (χ1n) is 11.8. The summed E-state index contributed by atoms with van der Waals surface area (Å²) in [5.41, 5.74) is 6.18. The Morgan fingerprint density at radius 1 is 1.00 bits per heavy atom. The van der Waals surface area contributed by atoms with Crippen LogP contribution in [-0.2, 0) is 16.4 Å². The number of hydrogen-bond acceptors (Lipinski definition) is 5. The zero-order chi connectivity index (χ0) is 25.3. The van der Waals surface area contributed by atoms with Gasteiger partial charge in [0.25, 0.3) is 10.0 Å². The van der Waals surface area contributed by atoms with E-state index in [-0.39, 0.29) is 22.8 Å². The van der Waals surface area contributed by atoms with Crippen LogP contribution in [0.5, 0.6) is 0 Å². The number of rotatable bonds is 7. The highest BCUT2D eigenvalue weighted by molar-refractivity contribution is 7.92. The fourth-order valence-electron chi connectivity index (χ4n) is 4.88. The lowest BCUT2D eigenvalue weighted by molar-refractivity contribution is 0.0997. The lowest BCUT2D eigenvalue weighted by Gasteiger charge is -2.33. The van der Waals surface area contributed by atoms with Crippen LogP contribution in [-0.4, -0.2) is 27.3 Å². The second kappa shape index (κ2) is 10.1. The molecule has 1 aliphatic heterocycles. The summed E-state index contributed by atoms with van der Waals surface area (Å²) in [5, 5.41) is 1.69. The number of anilines is 2. The van der Waals surface area contributed by atoms with E-state index in [0.717, 1.165) is 35.8 Å². The molecule has 0 atom stereocenters. The number of sulfonamides is 1. The van der Waals surface area contributed by atoms with Gasteiger partial charge < -0.3 is 4.90 Å². The summed E-state index contributed by atoms with van der Waals surface area (Å²) in [6, 6.07) is 7.49. The molecule has 1 fully saturated rings. The van der Waals surface area contributed by atoms with Crippen molar-refractivity contribution in [1.29, 1.82) is 0 Å². The quantitative estimate of drug-likeness (QED) is 0.374.